The van der Waals surface area contributed by atoms with E-state index in [1.807, 2.05) is 0 Å². The topological polar surface area (TPSA) is 147 Å². The minimum atomic E-state index is -1.74. The summed E-state index contributed by atoms with van der Waals surface area (Å²) in [5.41, 5.74) is -1.22. The molecule has 0 amide bonds. The maximum atomic E-state index is 15.6. The largest absolute Gasteiger partial charge is 0.354 e. The smallest absolute Gasteiger partial charge is 0.272 e. The molecule has 1 aliphatic heterocycles. The third-order valence-electron chi connectivity index (χ3n) is 8.70. The number of rotatable bonds is 5. The van der Waals surface area contributed by atoms with Gasteiger partial charge in [0, 0.05) is 62.5 Å². The number of nitro groups is 2. The Morgan fingerprint density at radius 3 is 1.40 bits per heavy atom. The van der Waals surface area contributed by atoms with Crippen molar-refractivity contribution in [3.05, 3.63) is 145 Å². The number of nitrogens with one attached hydrogen (secondary N) is 3. The number of aromatic amines is 3. The van der Waals surface area contributed by atoms with E-state index < -0.39 is 67.3 Å². The Balaban J connectivity index is 1.59. The highest BCUT2D eigenvalue weighted by Crippen LogP contribution is 2.39. The molecule has 0 atom stereocenters. The molecule has 1 aliphatic rings. The van der Waals surface area contributed by atoms with Gasteiger partial charge in [-0.1, -0.05) is 0 Å². The summed E-state index contributed by atoms with van der Waals surface area (Å²) in [5.74, 6) is -8.77. The maximum Gasteiger partial charge on any atom is 0.272 e. The Kier molecular flexibility index (Phi) is 7.60. The minimum absolute atomic E-state index is 0.00701. The molecule has 3 aromatic carbocycles. The van der Waals surface area contributed by atoms with E-state index in [-0.39, 0.29) is 61.6 Å². The number of hydrogen-bond donors (Lipinski definition) is 3. The first kappa shape index (κ1) is 32.9. The van der Waals surface area contributed by atoms with Crippen molar-refractivity contribution in [3.8, 4) is 33.4 Å². The lowest BCUT2D eigenvalue weighted by molar-refractivity contribution is -0.385. The Morgan fingerprint density at radius 2 is 0.887 bits per heavy atom. The van der Waals surface area contributed by atoms with Gasteiger partial charge in [0.1, 0.15) is 11.6 Å². The van der Waals surface area contributed by atoms with E-state index in [2.05, 4.69) is 19.9 Å². The SMILES string of the molecule is O=[N+]([O-])c1cc(F)cc(-c2c3nc(c4ccc([nH]4)c(-c4cc(F)cc([N+](=O)[O-])c4)c4ccc([nH]4)c(-c4c(F)c(F)cc(F)c4F)c4ccc2[nH]4)C=C3)c1. The zero-order chi connectivity index (χ0) is 37.3. The summed E-state index contributed by atoms with van der Waals surface area (Å²) >= 11 is 0. The number of hydrogen-bond acceptors (Lipinski definition) is 5. The second kappa shape index (κ2) is 12.2. The molecule has 262 valence electrons. The highest BCUT2D eigenvalue weighted by molar-refractivity contribution is 6.00. The number of fused-ring (bicyclic) bond motifs is 9. The highest BCUT2D eigenvalue weighted by Gasteiger charge is 2.25. The maximum absolute atomic E-state index is 15.6. The minimum Gasteiger partial charge on any atom is -0.354 e. The molecule has 0 fully saturated rings. The van der Waals surface area contributed by atoms with Crippen LogP contribution in [0.4, 0.5) is 37.7 Å². The molecule has 0 saturated heterocycles. The van der Waals surface area contributed by atoms with Gasteiger partial charge in [-0.05, 0) is 71.8 Å². The lowest BCUT2D eigenvalue weighted by Crippen LogP contribution is -1.99. The van der Waals surface area contributed by atoms with Gasteiger partial charge in [-0.3, -0.25) is 20.2 Å². The molecule has 4 aromatic heterocycles. The predicted octanol–water partition coefficient (Wildman–Crippen LogP) is 10.3. The van der Waals surface area contributed by atoms with Gasteiger partial charge in [0.25, 0.3) is 11.4 Å². The number of H-pyrrole nitrogens is 3. The van der Waals surface area contributed by atoms with Crippen LogP contribution in [0.1, 0.15) is 11.4 Å². The summed E-state index contributed by atoms with van der Waals surface area (Å²) in [4.78, 5) is 35.6. The van der Waals surface area contributed by atoms with Crippen molar-refractivity contribution in [2.45, 2.75) is 0 Å². The first-order chi connectivity index (χ1) is 25.4. The first-order valence-corrected chi connectivity index (χ1v) is 15.4. The van der Waals surface area contributed by atoms with Crippen LogP contribution in [0.25, 0.3) is 78.6 Å². The molecule has 10 nitrogen and oxygen atoms in total. The summed E-state index contributed by atoms with van der Waals surface area (Å²) in [7, 11) is 0. The van der Waals surface area contributed by atoms with Gasteiger partial charge in [-0.25, -0.2) is 31.3 Å². The van der Waals surface area contributed by atoms with Crippen LogP contribution < -0.4 is 0 Å². The van der Waals surface area contributed by atoms with Crippen molar-refractivity contribution in [3.63, 3.8) is 0 Å². The van der Waals surface area contributed by atoms with E-state index in [1.165, 1.54) is 30.3 Å². The molecular formula is C37H18F6N6O4. The van der Waals surface area contributed by atoms with Crippen molar-refractivity contribution >= 4 is 56.6 Å². The van der Waals surface area contributed by atoms with Gasteiger partial charge in [0.2, 0.25) is 0 Å². The van der Waals surface area contributed by atoms with E-state index in [1.54, 1.807) is 18.2 Å². The third kappa shape index (κ3) is 5.61. The van der Waals surface area contributed by atoms with Crippen LogP contribution in [0.15, 0.2) is 78.9 Å². The lowest BCUT2D eigenvalue weighted by atomic mass is 10.0. The normalized spacial score (nSPS) is 11.8. The molecule has 8 rings (SSSR count). The Bertz CT molecular complexity index is 2870. The molecule has 0 saturated carbocycles. The van der Waals surface area contributed by atoms with Gasteiger partial charge < -0.3 is 15.0 Å². The molecule has 7 aromatic rings. The molecule has 8 bridgehead atoms. The van der Waals surface area contributed by atoms with Crippen molar-refractivity contribution in [1.29, 1.82) is 0 Å². The van der Waals surface area contributed by atoms with Crippen molar-refractivity contribution in [2.75, 3.05) is 0 Å². The fourth-order valence-corrected chi connectivity index (χ4v) is 6.47. The average molecular weight is 725 g/mol. The summed E-state index contributed by atoms with van der Waals surface area (Å²) in [6.45, 7) is 0. The van der Waals surface area contributed by atoms with Crippen LogP contribution in [-0.4, -0.2) is 29.8 Å². The van der Waals surface area contributed by atoms with Crippen LogP contribution in [0.3, 0.4) is 0 Å². The van der Waals surface area contributed by atoms with Crippen molar-refractivity contribution in [2.24, 2.45) is 0 Å². The standard InChI is InChI=1S/C37H18F6N6O4/c38-18-9-16(11-20(13-18)48(50)51)32-26-3-1-24(44-26)25-2-4-27(45-25)33(17-10-19(39)14-21(12-17)49(52)53)29-6-8-31(47-29)34(30-7-5-28(32)46-30)35-36(42)22(40)15-23(41)37(35)43/h1-15,44,46-47H. The van der Waals surface area contributed by atoms with E-state index >= 15 is 8.78 Å². The molecule has 53 heavy (non-hydrogen) atoms. The van der Waals surface area contributed by atoms with Gasteiger partial charge in [-0.2, -0.15) is 0 Å². The summed E-state index contributed by atoms with van der Waals surface area (Å²) in [6.07, 6.45) is 3.13. The fourth-order valence-electron chi connectivity index (χ4n) is 6.47. The molecular weight excluding hydrogens is 706 g/mol. The number of nitrogens with zero attached hydrogens (tertiary/aromatic N) is 3. The molecule has 5 heterocycles. The van der Waals surface area contributed by atoms with Crippen LogP contribution in [-0.2, 0) is 0 Å². The van der Waals surface area contributed by atoms with E-state index in [9.17, 15) is 37.8 Å². The Morgan fingerprint density at radius 1 is 0.472 bits per heavy atom. The second-order valence-electron chi connectivity index (χ2n) is 12.0. The Labute approximate surface area is 291 Å². The van der Waals surface area contributed by atoms with Gasteiger partial charge in [0.15, 0.2) is 23.3 Å². The number of non-ortho nitro benzene ring substituents is 2. The summed E-state index contributed by atoms with van der Waals surface area (Å²) in [5, 5.41) is 23.4. The van der Waals surface area contributed by atoms with E-state index in [0.717, 1.165) is 36.4 Å². The molecule has 0 radical (unpaired) electrons. The van der Waals surface area contributed by atoms with Gasteiger partial charge in [-0.15, -0.1) is 0 Å². The van der Waals surface area contributed by atoms with Crippen LogP contribution >= 0.6 is 0 Å². The number of halogens is 6. The van der Waals surface area contributed by atoms with E-state index in [4.69, 9.17) is 0 Å². The number of benzene rings is 3. The van der Waals surface area contributed by atoms with Crippen LogP contribution in [0.5, 0.6) is 0 Å². The monoisotopic (exact) mass is 724 g/mol. The van der Waals surface area contributed by atoms with Crippen LogP contribution in [0, 0.1) is 55.1 Å². The average Bonchev–Trinajstić information content (AvgIpc) is 3.94. The number of aromatic nitrogens is 4. The van der Waals surface area contributed by atoms with Crippen LogP contribution in [0.2, 0.25) is 0 Å². The zero-order valence-corrected chi connectivity index (χ0v) is 26.4. The second-order valence-corrected chi connectivity index (χ2v) is 12.0. The van der Waals surface area contributed by atoms with Gasteiger partial charge in [0.05, 0.1) is 44.4 Å². The summed E-state index contributed by atoms with van der Waals surface area (Å²) < 4.78 is 90.5. The Hall–Kier alpha value is -7.23. The molecule has 0 spiro atoms. The molecule has 16 heteroatoms. The van der Waals surface area contributed by atoms with Crippen molar-refractivity contribution < 1.29 is 36.2 Å². The molecule has 0 aliphatic carbocycles. The lowest BCUT2D eigenvalue weighted by Gasteiger charge is -2.09. The molecule has 0 unspecified atom stereocenters. The fraction of sp³-hybridized carbons (Fsp3) is 0. The third-order valence-corrected chi connectivity index (χ3v) is 8.70. The van der Waals surface area contributed by atoms with E-state index in [0.29, 0.717) is 11.2 Å². The number of nitro benzene ring substituents is 2. The first-order valence-electron chi connectivity index (χ1n) is 15.4. The summed E-state index contributed by atoms with van der Waals surface area (Å²) in [6, 6.07) is 14.5. The van der Waals surface area contributed by atoms with Crippen molar-refractivity contribution in [1.82, 2.24) is 19.9 Å². The predicted molar refractivity (Wildman–Crippen MR) is 185 cm³/mol. The molecule has 3 N–H and O–H groups in total. The van der Waals surface area contributed by atoms with Gasteiger partial charge >= 0.3 is 0 Å². The highest BCUT2D eigenvalue weighted by atomic mass is 19.2. The zero-order valence-electron chi connectivity index (χ0n) is 26.4. The quantitative estimate of drug-likeness (QED) is 0.0700.